The molecular formula is C18H16ClFN4O. The van der Waals surface area contributed by atoms with E-state index < -0.39 is 0 Å². The van der Waals surface area contributed by atoms with Gasteiger partial charge in [-0.1, -0.05) is 22.8 Å². The first-order valence-corrected chi connectivity index (χ1v) is 8.45. The largest absolute Gasteiger partial charge is 0.339 e. The van der Waals surface area contributed by atoms with Crippen LogP contribution in [-0.4, -0.2) is 21.7 Å². The topological polar surface area (TPSA) is 63.8 Å². The van der Waals surface area contributed by atoms with E-state index in [0.29, 0.717) is 22.3 Å². The van der Waals surface area contributed by atoms with E-state index in [1.165, 1.54) is 11.6 Å². The number of pyridine rings is 1. The van der Waals surface area contributed by atoms with Gasteiger partial charge in [0.05, 0.1) is 6.42 Å². The minimum Gasteiger partial charge on any atom is -0.339 e. The van der Waals surface area contributed by atoms with Crippen molar-refractivity contribution in [3.8, 4) is 11.4 Å². The molecule has 2 aromatic heterocycles. The molecule has 1 N–H and O–H groups in total. The monoisotopic (exact) mass is 358 g/mol. The molecule has 1 aliphatic heterocycles. The van der Waals surface area contributed by atoms with Crippen molar-refractivity contribution in [3.05, 3.63) is 63.5 Å². The molecule has 0 aliphatic carbocycles. The second-order valence-corrected chi connectivity index (χ2v) is 6.45. The minimum absolute atomic E-state index is 0.154. The van der Waals surface area contributed by atoms with Crippen LogP contribution in [0.4, 0.5) is 4.39 Å². The standard InChI is InChI=1S/C18H16ClFN4O/c1-10-17(12-5-6-21-8-11(12)9-22-10)18-23-16(25-24-18)7-13-14(19)3-2-4-15(13)20/h2-4,9,21H,5-8H2,1H3. The van der Waals surface area contributed by atoms with Gasteiger partial charge in [-0.2, -0.15) is 4.98 Å². The summed E-state index contributed by atoms with van der Waals surface area (Å²) in [5.74, 6) is 0.437. The summed E-state index contributed by atoms with van der Waals surface area (Å²) in [5.41, 5.74) is 4.47. The molecular weight excluding hydrogens is 343 g/mol. The van der Waals surface area contributed by atoms with E-state index in [2.05, 4.69) is 20.4 Å². The Bertz CT molecular complexity index is 921. The molecule has 0 saturated heterocycles. The van der Waals surface area contributed by atoms with Gasteiger partial charge in [-0.15, -0.1) is 0 Å². The first-order chi connectivity index (χ1) is 12.1. The van der Waals surface area contributed by atoms with Crippen LogP contribution >= 0.6 is 11.6 Å². The van der Waals surface area contributed by atoms with Crippen LogP contribution in [0.5, 0.6) is 0 Å². The number of halogens is 2. The molecule has 0 saturated carbocycles. The number of benzene rings is 1. The molecule has 128 valence electrons. The van der Waals surface area contributed by atoms with Gasteiger partial charge < -0.3 is 9.84 Å². The Labute approximate surface area is 149 Å². The van der Waals surface area contributed by atoms with Gasteiger partial charge in [0, 0.05) is 34.6 Å². The van der Waals surface area contributed by atoms with E-state index in [0.717, 1.165) is 36.3 Å². The Morgan fingerprint density at radius 2 is 2.24 bits per heavy atom. The molecule has 4 rings (SSSR count). The molecule has 1 aliphatic rings. The molecule has 0 atom stereocenters. The van der Waals surface area contributed by atoms with Crippen molar-refractivity contribution in [2.45, 2.75) is 26.3 Å². The SMILES string of the molecule is Cc1ncc2c(c1-c1noc(Cc3c(F)cccc3Cl)n1)CCNC2. The van der Waals surface area contributed by atoms with Crippen molar-refractivity contribution in [2.24, 2.45) is 0 Å². The number of fused-ring (bicyclic) bond motifs is 1. The van der Waals surface area contributed by atoms with E-state index in [1.807, 2.05) is 13.1 Å². The van der Waals surface area contributed by atoms with Gasteiger partial charge in [0.1, 0.15) is 5.82 Å². The minimum atomic E-state index is -0.381. The quantitative estimate of drug-likeness (QED) is 0.776. The van der Waals surface area contributed by atoms with Crippen LogP contribution in [0.1, 0.15) is 28.3 Å². The van der Waals surface area contributed by atoms with E-state index in [1.54, 1.807) is 12.1 Å². The molecule has 5 nitrogen and oxygen atoms in total. The van der Waals surface area contributed by atoms with Crippen LogP contribution in [0, 0.1) is 12.7 Å². The average molecular weight is 359 g/mol. The number of aryl methyl sites for hydroxylation is 1. The van der Waals surface area contributed by atoms with Crippen LogP contribution in [-0.2, 0) is 19.4 Å². The lowest BCUT2D eigenvalue weighted by atomic mass is 9.95. The molecule has 1 aromatic carbocycles. The third-order valence-electron chi connectivity index (χ3n) is 4.41. The summed E-state index contributed by atoms with van der Waals surface area (Å²) in [4.78, 5) is 8.91. The summed E-state index contributed by atoms with van der Waals surface area (Å²) < 4.78 is 19.3. The maximum Gasteiger partial charge on any atom is 0.231 e. The summed E-state index contributed by atoms with van der Waals surface area (Å²) >= 11 is 6.08. The van der Waals surface area contributed by atoms with Gasteiger partial charge in [-0.3, -0.25) is 4.98 Å². The molecule has 0 bridgehead atoms. The van der Waals surface area contributed by atoms with Crippen LogP contribution < -0.4 is 5.32 Å². The average Bonchev–Trinajstić information content (AvgIpc) is 3.06. The van der Waals surface area contributed by atoms with E-state index >= 15 is 0 Å². The first-order valence-electron chi connectivity index (χ1n) is 8.07. The Morgan fingerprint density at radius 3 is 3.08 bits per heavy atom. The predicted octanol–water partition coefficient (Wildman–Crippen LogP) is 3.47. The molecule has 7 heteroatoms. The van der Waals surface area contributed by atoms with E-state index in [9.17, 15) is 4.39 Å². The van der Waals surface area contributed by atoms with Crippen LogP contribution in [0.3, 0.4) is 0 Å². The zero-order valence-electron chi connectivity index (χ0n) is 13.6. The first kappa shape index (κ1) is 16.2. The Balaban J connectivity index is 1.71. The summed E-state index contributed by atoms with van der Waals surface area (Å²) in [6, 6.07) is 4.58. The fourth-order valence-electron chi connectivity index (χ4n) is 3.15. The van der Waals surface area contributed by atoms with Gasteiger partial charge in [-0.05, 0) is 43.1 Å². The third-order valence-corrected chi connectivity index (χ3v) is 4.77. The summed E-state index contributed by atoms with van der Waals surface area (Å²) in [7, 11) is 0. The number of aromatic nitrogens is 3. The predicted molar refractivity (Wildman–Crippen MR) is 91.9 cm³/mol. The van der Waals surface area contributed by atoms with Gasteiger partial charge in [0.2, 0.25) is 11.7 Å². The fraction of sp³-hybridized carbons (Fsp3) is 0.278. The highest BCUT2D eigenvalue weighted by molar-refractivity contribution is 6.31. The number of nitrogens with one attached hydrogen (secondary N) is 1. The molecule has 0 spiro atoms. The lowest BCUT2D eigenvalue weighted by molar-refractivity contribution is 0.384. The van der Waals surface area contributed by atoms with Gasteiger partial charge >= 0.3 is 0 Å². The van der Waals surface area contributed by atoms with Crippen molar-refractivity contribution >= 4 is 11.6 Å². The van der Waals surface area contributed by atoms with Crippen LogP contribution in [0.25, 0.3) is 11.4 Å². The fourth-order valence-corrected chi connectivity index (χ4v) is 3.38. The normalized spacial score (nSPS) is 13.7. The van der Waals surface area contributed by atoms with Crippen molar-refractivity contribution in [3.63, 3.8) is 0 Å². The molecule has 3 heterocycles. The van der Waals surface area contributed by atoms with E-state index in [-0.39, 0.29) is 12.2 Å². The zero-order chi connectivity index (χ0) is 17.4. The summed E-state index contributed by atoms with van der Waals surface area (Å²) in [5, 5.41) is 7.78. The summed E-state index contributed by atoms with van der Waals surface area (Å²) in [6.45, 7) is 3.62. The van der Waals surface area contributed by atoms with Crippen LogP contribution in [0.15, 0.2) is 28.9 Å². The van der Waals surface area contributed by atoms with Crippen molar-refractivity contribution in [1.29, 1.82) is 0 Å². The van der Waals surface area contributed by atoms with Crippen molar-refractivity contribution in [1.82, 2.24) is 20.4 Å². The van der Waals surface area contributed by atoms with Crippen molar-refractivity contribution < 1.29 is 8.91 Å². The Hall–Kier alpha value is -2.31. The second kappa shape index (κ2) is 6.54. The maximum absolute atomic E-state index is 14.0. The number of hydrogen-bond donors (Lipinski definition) is 1. The number of nitrogens with zero attached hydrogens (tertiary/aromatic N) is 3. The zero-order valence-corrected chi connectivity index (χ0v) is 14.4. The molecule has 0 amide bonds. The number of hydrogen-bond acceptors (Lipinski definition) is 5. The number of rotatable bonds is 3. The Morgan fingerprint density at radius 1 is 1.36 bits per heavy atom. The van der Waals surface area contributed by atoms with Gasteiger partial charge in [0.15, 0.2) is 0 Å². The molecule has 0 radical (unpaired) electrons. The van der Waals surface area contributed by atoms with Crippen LogP contribution in [0.2, 0.25) is 5.02 Å². The molecule has 0 fully saturated rings. The van der Waals surface area contributed by atoms with Crippen molar-refractivity contribution in [2.75, 3.05) is 6.54 Å². The highest BCUT2D eigenvalue weighted by atomic mass is 35.5. The van der Waals surface area contributed by atoms with Gasteiger partial charge in [0.25, 0.3) is 0 Å². The lowest BCUT2D eigenvalue weighted by Crippen LogP contribution is -2.24. The summed E-state index contributed by atoms with van der Waals surface area (Å²) in [6.07, 6.45) is 2.93. The van der Waals surface area contributed by atoms with E-state index in [4.69, 9.17) is 16.1 Å². The molecule has 3 aromatic rings. The molecule has 25 heavy (non-hydrogen) atoms. The smallest absolute Gasteiger partial charge is 0.231 e. The maximum atomic E-state index is 14.0. The second-order valence-electron chi connectivity index (χ2n) is 6.04. The third kappa shape index (κ3) is 3.03. The Kier molecular flexibility index (Phi) is 4.23. The highest BCUT2D eigenvalue weighted by Gasteiger charge is 2.21. The lowest BCUT2D eigenvalue weighted by Gasteiger charge is -2.19. The van der Waals surface area contributed by atoms with Gasteiger partial charge in [-0.25, -0.2) is 4.39 Å². The highest BCUT2D eigenvalue weighted by Crippen LogP contribution is 2.29. The molecule has 0 unspecified atom stereocenters.